The van der Waals surface area contributed by atoms with Gasteiger partial charge in [0.15, 0.2) is 0 Å². The number of para-hydroxylation sites is 1. The number of hydrogen-bond donors (Lipinski definition) is 0. The highest BCUT2D eigenvalue weighted by molar-refractivity contribution is 5.91. The van der Waals surface area contributed by atoms with Crippen molar-refractivity contribution in [3.8, 4) is 0 Å². The fraction of sp³-hybridized carbons (Fsp3) is 0.222. The van der Waals surface area contributed by atoms with Gasteiger partial charge in [0.1, 0.15) is 0 Å². The van der Waals surface area contributed by atoms with Crippen LogP contribution in [0.3, 0.4) is 0 Å². The van der Waals surface area contributed by atoms with Gasteiger partial charge in [0.05, 0.1) is 11.0 Å². The third-order valence-electron chi connectivity index (χ3n) is 3.70. The maximum Gasteiger partial charge on any atom is 0.0531 e. The number of rotatable bonds is 3. The van der Waals surface area contributed by atoms with E-state index in [1.54, 1.807) is 0 Å². The molecule has 0 saturated carbocycles. The van der Waals surface area contributed by atoms with E-state index in [1.807, 2.05) is 0 Å². The van der Waals surface area contributed by atoms with E-state index >= 15 is 0 Å². The summed E-state index contributed by atoms with van der Waals surface area (Å²) in [5, 5.41) is 1.30. The first-order chi connectivity index (χ1) is 9.35. The topological polar surface area (TPSA) is 4.41 Å². The highest BCUT2D eigenvalue weighted by Crippen LogP contribution is 2.28. The Labute approximate surface area is 114 Å². The molecule has 19 heavy (non-hydrogen) atoms. The van der Waals surface area contributed by atoms with Crippen molar-refractivity contribution >= 4 is 22.0 Å². The lowest BCUT2D eigenvalue weighted by atomic mass is 10.00. The largest absolute Gasteiger partial charge is 0.316 e. The summed E-state index contributed by atoms with van der Waals surface area (Å²) in [6.45, 7) is 4.43. The average molecular weight is 249 g/mol. The molecule has 2 aromatic heterocycles. The zero-order chi connectivity index (χ0) is 13.2. The molecule has 3 aromatic rings. The Balaban J connectivity index is 2.39. The zero-order valence-corrected chi connectivity index (χ0v) is 11.6. The van der Waals surface area contributed by atoms with Crippen molar-refractivity contribution in [3.63, 3.8) is 0 Å². The molecule has 1 nitrogen and oxygen atoms in total. The van der Waals surface area contributed by atoms with E-state index in [4.69, 9.17) is 0 Å². The zero-order valence-electron chi connectivity index (χ0n) is 11.6. The first kappa shape index (κ1) is 12.0. The van der Waals surface area contributed by atoms with E-state index in [-0.39, 0.29) is 0 Å². The van der Waals surface area contributed by atoms with Gasteiger partial charge in [-0.15, -0.1) is 0 Å². The van der Waals surface area contributed by atoms with Gasteiger partial charge in [0.25, 0.3) is 0 Å². The quantitative estimate of drug-likeness (QED) is 0.593. The molecule has 0 amide bonds. The second-order valence-corrected chi connectivity index (χ2v) is 4.87. The van der Waals surface area contributed by atoms with Gasteiger partial charge in [-0.05, 0) is 48.1 Å². The summed E-state index contributed by atoms with van der Waals surface area (Å²) in [5.74, 6) is 0. The molecule has 2 heterocycles. The second kappa shape index (κ2) is 4.93. The van der Waals surface area contributed by atoms with Gasteiger partial charge in [-0.3, -0.25) is 0 Å². The van der Waals surface area contributed by atoms with E-state index in [0.29, 0.717) is 0 Å². The van der Waals surface area contributed by atoms with Crippen LogP contribution in [0.4, 0.5) is 0 Å². The Morgan fingerprint density at radius 3 is 2.63 bits per heavy atom. The van der Waals surface area contributed by atoms with Gasteiger partial charge in [-0.25, -0.2) is 0 Å². The standard InChI is InChI=1S/C18H19N/c1-3-8-14(4-2)16-13-15-9-5-6-10-17(15)19-12-7-11-18(16)19/h5-13H,3-4H2,1-2H3/b14-8+. The smallest absolute Gasteiger partial charge is 0.0531 e. The van der Waals surface area contributed by atoms with E-state index in [1.165, 1.54) is 27.6 Å². The monoisotopic (exact) mass is 249 g/mol. The third-order valence-corrected chi connectivity index (χ3v) is 3.70. The van der Waals surface area contributed by atoms with Crippen molar-refractivity contribution in [1.29, 1.82) is 0 Å². The van der Waals surface area contributed by atoms with Crippen LogP contribution in [0.5, 0.6) is 0 Å². The first-order valence-corrected chi connectivity index (χ1v) is 7.03. The fourth-order valence-electron chi connectivity index (χ4n) is 2.82. The van der Waals surface area contributed by atoms with Crippen molar-refractivity contribution in [2.45, 2.75) is 26.7 Å². The molecule has 0 aliphatic carbocycles. The fourth-order valence-corrected chi connectivity index (χ4v) is 2.82. The van der Waals surface area contributed by atoms with Crippen molar-refractivity contribution < 1.29 is 0 Å². The average Bonchev–Trinajstić information content (AvgIpc) is 2.94. The lowest BCUT2D eigenvalue weighted by molar-refractivity contribution is 1.17. The molecular formula is C18H19N. The van der Waals surface area contributed by atoms with Crippen molar-refractivity contribution in [2.75, 3.05) is 0 Å². The Kier molecular flexibility index (Phi) is 3.12. The van der Waals surface area contributed by atoms with Crippen LogP contribution in [0.2, 0.25) is 0 Å². The molecular weight excluding hydrogens is 230 g/mol. The Hall–Kier alpha value is -2.02. The van der Waals surface area contributed by atoms with Gasteiger partial charge >= 0.3 is 0 Å². The summed E-state index contributed by atoms with van der Waals surface area (Å²) < 4.78 is 2.30. The molecule has 3 rings (SSSR count). The van der Waals surface area contributed by atoms with E-state index in [2.05, 4.69) is 73.0 Å². The first-order valence-electron chi connectivity index (χ1n) is 7.03. The number of hydrogen-bond acceptors (Lipinski definition) is 0. The molecule has 0 atom stereocenters. The van der Waals surface area contributed by atoms with Gasteiger partial charge in [0, 0.05) is 11.8 Å². The predicted molar refractivity (Wildman–Crippen MR) is 83.5 cm³/mol. The molecule has 0 N–H and O–H groups in total. The maximum absolute atomic E-state index is 2.34. The molecule has 1 aromatic carbocycles. The van der Waals surface area contributed by atoms with Crippen LogP contribution in [-0.2, 0) is 0 Å². The summed E-state index contributed by atoms with van der Waals surface area (Å²) in [6.07, 6.45) is 6.66. The summed E-state index contributed by atoms with van der Waals surface area (Å²) >= 11 is 0. The molecule has 0 bridgehead atoms. The minimum absolute atomic E-state index is 1.08. The van der Waals surface area contributed by atoms with Crippen molar-refractivity contribution in [2.24, 2.45) is 0 Å². The number of pyridine rings is 1. The molecule has 0 fully saturated rings. The predicted octanol–water partition coefficient (Wildman–Crippen LogP) is 5.30. The van der Waals surface area contributed by atoms with Crippen LogP contribution in [0.15, 0.2) is 54.7 Å². The van der Waals surface area contributed by atoms with E-state index in [9.17, 15) is 0 Å². The third kappa shape index (κ3) is 1.95. The number of nitrogens with zero attached hydrogens (tertiary/aromatic N) is 1. The normalized spacial score (nSPS) is 12.4. The number of benzene rings is 1. The number of aromatic nitrogens is 1. The van der Waals surface area contributed by atoms with Crippen LogP contribution in [-0.4, -0.2) is 4.40 Å². The Bertz CT molecular complexity index is 747. The SMILES string of the molecule is CC/C=C(\CC)c1cc2ccccc2n2cccc12. The summed E-state index contributed by atoms with van der Waals surface area (Å²) in [7, 11) is 0. The highest BCUT2D eigenvalue weighted by Gasteiger charge is 2.08. The lowest BCUT2D eigenvalue weighted by Crippen LogP contribution is -1.93. The molecule has 0 saturated heterocycles. The summed E-state index contributed by atoms with van der Waals surface area (Å²) in [6, 6.07) is 15.3. The molecule has 0 aliphatic heterocycles. The van der Waals surface area contributed by atoms with Gasteiger partial charge < -0.3 is 4.40 Å². The van der Waals surface area contributed by atoms with Crippen LogP contribution in [0, 0.1) is 0 Å². The Morgan fingerprint density at radius 1 is 1.05 bits per heavy atom. The van der Waals surface area contributed by atoms with Gasteiger partial charge in [-0.2, -0.15) is 0 Å². The molecule has 0 unspecified atom stereocenters. The molecule has 0 aliphatic rings. The van der Waals surface area contributed by atoms with Crippen molar-refractivity contribution in [3.05, 3.63) is 60.3 Å². The van der Waals surface area contributed by atoms with E-state index < -0.39 is 0 Å². The van der Waals surface area contributed by atoms with Gasteiger partial charge in [-0.1, -0.05) is 38.1 Å². The van der Waals surface area contributed by atoms with Crippen LogP contribution >= 0.6 is 0 Å². The van der Waals surface area contributed by atoms with Crippen LogP contribution < -0.4 is 0 Å². The molecule has 96 valence electrons. The van der Waals surface area contributed by atoms with E-state index in [0.717, 1.165) is 12.8 Å². The summed E-state index contributed by atoms with van der Waals surface area (Å²) in [4.78, 5) is 0. The van der Waals surface area contributed by atoms with Gasteiger partial charge in [0.2, 0.25) is 0 Å². The maximum atomic E-state index is 2.34. The van der Waals surface area contributed by atoms with Crippen LogP contribution in [0.1, 0.15) is 32.3 Å². The number of allylic oxidation sites excluding steroid dienone is 2. The minimum atomic E-state index is 1.08. The second-order valence-electron chi connectivity index (χ2n) is 4.87. The minimum Gasteiger partial charge on any atom is -0.316 e. The highest BCUT2D eigenvalue weighted by atomic mass is 14.9. The Morgan fingerprint density at radius 2 is 1.84 bits per heavy atom. The molecule has 1 heteroatoms. The molecule has 0 spiro atoms. The molecule has 0 radical (unpaired) electrons. The number of fused-ring (bicyclic) bond motifs is 3. The van der Waals surface area contributed by atoms with Crippen LogP contribution in [0.25, 0.3) is 22.0 Å². The summed E-state index contributed by atoms with van der Waals surface area (Å²) in [5.41, 5.74) is 5.39. The lowest BCUT2D eigenvalue weighted by Gasteiger charge is -2.11. The van der Waals surface area contributed by atoms with Crippen molar-refractivity contribution in [1.82, 2.24) is 4.40 Å².